The molecule has 0 unspecified atom stereocenters. The number of anilines is 4. The molecule has 0 heterocycles. The normalized spacial score (nSPS) is 10.8. The summed E-state index contributed by atoms with van der Waals surface area (Å²) < 4.78 is 0. The highest BCUT2D eigenvalue weighted by molar-refractivity contribution is 5.62. The molecule has 0 spiro atoms. The van der Waals surface area contributed by atoms with Crippen molar-refractivity contribution in [2.45, 2.75) is 40.5 Å². The van der Waals surface area contributed by atoms with E-state index < -0.39 is 0 Å². The van der Waals surface area contributed by atoms with Crippen molar-refractivity contribution in [2.75, 3.05) is 47.4 Å². The molecule has 0 aromatic heterocycles. The van der Waals surface area contributed by atoms with Crippen molar-refractivity contribution in [1.82, 2.24) is 0 Å². The number of hydrogen-bond donors (Lipinski definition) is 2. The molecule has 0 atom stereocenters. The van der Waals surface area contributed by atoms with E-state index in [1.807, 2.05) is 0 Å². The van der Waals surface area contributed by atoms with Crippen molar-refractivity contribution in [2.24, 2.45) is 0 Å². The second kappa shape index (κ2) is 9.37. The summed E-state index contributed by atoms with van der Waals surface area (Å²) in [4.78, 5) is 4.62. The minimum atomic E-state index is 0.868. The standard InChI is InChI=1S/C22H34N4/c1-5-25(6-2)19-13-11-17(21(23)15-19)9-10-18-12-14-20(16-22(18)24)26(7-3)8-4/h11-16H,5-10,23-24H2,1-4H3. The lowest BCUT2D eigenvalue weighted by molar-refractivity contribution is 0.864. The Hall–Kier alpha value is -2.36. The van der Waals surface area contributed by atoms with Crippen molar-refractivity contribution in [1.29, 1.82) is 0 Å². The number of nitrogen functional groups attached to an aromatic ring is 2. The van der Waals surface area contributed by atoms with Crippen molar-refractivity contribution >= 4 is 22.7 Å². The molecule has 2 aromatic carbocycles. The molecule has 4 heteroatoms. The predicted molar refractivity (Wildman–Crippen MR) is 116 cm³/mol. The number of hydrogen-bond acceptors (Lipinski definition) is 4. The fourth-order valence-electron chi connectivity index (χ4n) is 3.46. The van der Waals surface area contributed by atoms with Crippen LogP contribution in [0.25, 0.3) is 0 Å². The predicted octanol–water partition coefficient (Wildman–Crippen LogP) is 4.33. The van der Waals surface area contributed by atoms with Gasteiger partial charge < -0.3 is 21.3 Å². The molecule has 142 valence electrons. The van der Waals surface area contributed by atoms with Crippen LogP contribution < -0.4 is 21.3 Å². The van der Waals surface area contributed by atoms with E-state index in [2.05, 4.69) is 73.9 Å². The molecule has 4 N–H and O–H groups in total. The van der Waals surface area contributed by atoms with Gasteiger partial charge in [-0.2, -0.15) is 0 Å². The Kier molecular flexibility index (Phi) is 7.19. The van der Waals surface area contributed by atoms with Crippen molar-refractivity contribution in [3.8, 4) is 0 Å². The highest BCUT2D eigenvalue weighted by Crippen LogP contribution is 2.25. The quantitative estimate of drug-likeness (QED) is 0.658. The van der Waals surface area contributed by atoms with Gasteiger partial charge in [0.15, 0.2) is 0 Å². The van der Waals surface area contributed by atoms with Gasteiger partial charge in [0.05, 0.1) is 0 Å². The monoisotopic (exact) mass is 354 g/mol. The molecule has 0 aliphatic carbocycles. The van der Waals surface area contributed by atoms with E-state index in [0.29, 0.717) is 0 Å². The summed E-state index contributed by atoms with van der Waals surface area (Å²) in [6.07, 6.45) is 1.80. The van der Waals surface area contributed by atoms with Gasteiger partial charge in [-0.15, -0.1) is 0 Å². The zero-order valence-corrected chi connectivity index (χ0v) is 16.8. The Labute approximate surface area is 158 Å². The third-order valence-corrected chi connectivity index (χ3v) is 5.18. The zero-order chi connectivity index (χ0) is 19.1. The summed E-state index contributed by atoms with van der Waals surface area (Å²) in [5.41, 5.74) is 19.1. The molecule has 0 saturated heterocycles. The minimum Gasteiger partial charge on any atom is -0.398 e. The first-order valence-corrected chi connectivity index (χ1v) is 9.80. The average Bonchev–Trinajstić information content (AvgIpc) is 2.64. The van der Waals surface area contributed by atoms with Gasteiger partial charge in [-0.3, -0.25) is 0 Å². The summed E-state index contributed by atoms with van der Waals surface area (Å²) in [6, 6.07) is 12.8. The van der Waals surface area contributed by atoms with Crippen molar-refractivity contribution < 1.29 is 0 Å². The van der Waals surface area contributed by atoms with Crippen LogP contribution in [0.4, 0.5) is 22.7 Å². The Morgan fingerprint density at radius 1 is 0.615 bits per heavy atom. The summed E-state index contributed by atoms with van der Waals surface area (Å²) in [5.74, 6) is 0. The first kappa shape index (κ1) is 20.0. The van der Waals surface area contributed by atoms with Crippen LogP contribution in [-0.2, 0) is 12.8 Å². The van der Waals surface area contributed by atoms with Gasteiger partial charge in [0, 0.05) is 48.9 Å². The van der Waals surface area contributed by atoms with Gasteiger partial charge in [-0.05, 0) is 75.9 Å². The van der Waals surface area contributed by atoms with Crippen molar-refractivity contribution in [3.63, 3.8) is 0 Å². The van der Waals surface area contributed by atoms with Gasteiger partial charge in [-0.25, -0.2) is 0 Å². The molecular formula is C22H34N4. The van der Waals surface area contributed by atoms with Gasteiger partial charge in [0.1, 0.15) is 0 Å². The number of nitrogens with two attached hydrogens (primary N) is 2. The largest absolute Gasteiger partial charge is 0.398 e. The third-order valence-electron chi connectivity index (χ3n) is 5.18. The molecule has 0 saturated carbocycles. The number of nitrogens with zero attached hydrogens (tertiary/aromatic N) is 2. The summed E-state index contributed by atoms with van der Waals surface area (Å²) in [6.45, 7) is 12.6. The van der Waals surface area contributed by atoms with E-state index in [1.165, 1.54) is 22.5 Å². The average molecular weight is 355 g/mol. The maximum atomic E-state index is 6.31. The lowest BCUT2D eigenvalue weighted by Gasteiger charge is -2.22. The van der Waals surface area contributed by atoms with E-state index >= 15 is 0 Å². The summed E-state index contributed by atoms with van der Waals surface area (Å²) in [5, 5.41) is 0. The van der Waals surface area contributed by atoms with E-state index in [-0.39, 0.29) is 0 Å². The second-order valence-corrected chi connectivity index (χ2v) is 6.61. The fourth-order valence-corrected chi connectivity index (χ4v) is 3.46. The van der Waals surface area contributed by atoms with Crippen LogP contribution in [0.2, 0.25) is 0 Å². The molecule has 0 fully saturated rings. The van der Waals surface area contributed by atoms with Crippen LogP contribution in [-0.4, -0.2) is 26.2 Å². The third kappa shape index (κ3) is 4.63. The zero-order valence-electron chi connectivity index (χ0n) is 16.8. The second-order valence-electron chi connectivity index (χ2n) is 6.61. The maximum Gasteiger partial charge on any atom is 0.0386 e. The lowest BCUT2D eigenvalue weighted by atomic mass is 10.0. The Balaban J connectivity index is 2.09. The first-order valence-electron chi connectivity index (χ1n) is 9.80. The van der Waals surface area contributed by atoms with Crippen LogP contribution in [0.3, 0.4) is 0 Å². The van der Waals surface area contributed by atoms with Crippen molar-refractivity contribution in [3.05, 3.63) is 47.5 Å². The van der Waals surface area contributed by atoms with Gasteiger partial charge in [0.2, 0.25) is 0 Å². The minimum absolute atomic E-state index is 0.868. The van der Waals surface area contributed by atoms with Crippen LogP contribution in [0.5, 0.6) is 0 Å². The maximum absolute atomic E-state index is 6.31. The smallest absolute Gasteiger partial charge is 0.0386 e. The highest BCUT2D eigenvalue weighted by Gasteiger charge is 2.09. The van der Waals surface area contributed by atoms with Crippen LogP contribution >= 0.6 is 0 Å². The summed E-state index contributed by atoms with van der Waals surface area (Å²) in [7, 11) is 0. The van der Waals surface area contributed by atoms with Crippen LogP contribution in [0.15, 0.2) is 36.4 Å². The SMILES string of the molecule is CCN(CC)c1ccc(CCc2ccc(N(CC)CC)cc2N)c(N)c1. The topological polar surface area (TPSA) is 58.5 Å². The van der Waals surface area contributed by atoms with E-state index in [0.717, 1.165) is 50.4 Å². The van der Waals surface area contributed by atoms with Crippen LogP contribution in [0, 0.1) is 0 Å². The number of benzene rings is 2. The van der Waals surface area contributed by atoms with Crippen LogP contribution in [0.1, 0.15) is 38.8 Å². The Morgan fingerprint density at radius 3 is 1.23 bits per heavy atom. The Bertz CT molecular complexity index is 642. The van der Waals surface area contributed by atoms with E-state index in [9.17, 15) is 0 Å². The molecule has 0 aliphatic heterocycles. The molecule has 2 rings (SSSR count). The number of rotatable bonds is 9. The first-order chi connectivity index (χ1) is 12.5. The van der Waals surface area contributed by atoms with Gasteiger partial charge in [0.25, 0.3) is 0 Å². The lowest BCUT2D eigenvalue weighted by Crippen LogP contribution is -2.22. The summed E-state index contributed by atoms with van der Waals surface area (Å²) >= 11 is 0. The molecular weight excluding hydrogens is 320 g/mol. The molecule has 0 bridgehead atoms. The van der Waals surface area contributed by atoms with Gasteiger partial charge in [-0.1, -0.05) is 12.1 Å². The van der Waals surface area contributed by atoms with Gasteiger partial charge >= 0.3 is 0 Å². The fraction of sp³-hybridized carbons (Fsp3) is 0.455. The molecule has 0 aliphatic rings. The Morgan fingerprint density at radius 2 is 0.962 bits per heavy atom. The van der Waals surface area contributed by atoms with E-state index in [1.54, 1.807) is 0 Å². The molecule has 26 heavy (non-hydrogen) atoms. The molecule has 4 nitrogen and oxygen atoms in total. The van der Waals surface area contributed by atoms with E-state index in [4.69, 9.17) is 11.5 Å². The number of aryl methyl sites for hydroxylation is 2. The highest BCUT2D eigenvalue weighted by atomic mass is 15.1. The molecule has 0 radical (unpaired) electrons. The molecule has 0 amide bonds. The molecule has 2 aromatic rings.